The number of carbonyl (C=O) groups excluding carboxylic acids is 1. The fourth-order valence-electron chi connectivity index (χ4n) is 3.43. The molecule has 1 aromatic carbocycles. The number of nitrogens with one attached hydrogen (secondary N) is 1. The summed E-state index contributed by atoms with van der Waals surface area (Å²) in [6, 6.07) is 8.85. The van der Waals surface area contributed by atoms with Crippen molar-refractivity contribution in [3.05, 3.63) is 35.4 Å². The maximum absolute atomic E-state index is 12.3. The van der Waals surface area contributed by atoms with E-state index in [9.17, 15) is 4.79 Å². The fraction of sp³-hybridized carbons (Fsp3) is 0.562. The Bertz CT molecular complexity index is 472. The van der Waals surface area contributed by atoms with E-state index < -0.39 is 0 Å². The Kier molecular flexibility index (Phi) is 3.56. The summed E-state index contributed by atoms with van der Waals surface area (Å²) >= 11 is 0. The minimum Gasteiger partial charge on any atom is -0.335 e. The van der Waals surface area contributed by atoms with Gasteiger partial charge in [-0.15, -0.1) is 0 Å². The van der Waals surface area contributed by atoms with E-state index in [-0.39, 0.29) is 0 Å². The highest BCUT2D eigenvalue weighted by molar-refractivity contribution is 5.77. The van der Waals surface area contributed by atoms with Crippen molar-refractivity contribution in [3.63, 3.8) is 0 Å². The predicted octanol–water partition coefficient (Wildman–Crippen LogP) is 2.10. The monoisotopic (exact) mass is 258 g/mol. The Morgan fingerprint density at radius 2 is 2.16 bits per heavy atom. The van der Waals surface area contributed by atoms with E-state index in [1.807, 2.05) is 0 Å². The molecule has 1 N–H and O–H groups in total. The molecule has 0 aromatic heterocycles. The molecule has 1 aromatic rings. The van der Waals surface area contributed by atoms with Gasteiger partial charge < -0.3 is 10.2 Å². The lowest BCUT2D eigenvalue weighted by atomic mass is 9.84. The molecule has 3 rings (SSSR count). The van der Waals surface area contributed by atoms with Crippen LogP contribution >= 0.6 is 0 Å². The summed E-state index contributed by atoms with van der Waals surface area (Å²) in [7, 11) is 0. The maximum atomic E-state index is 12.3. The minimum atomic E-state index is 0.339. The average molecular weight is 258 g/mol. The smallest absolute Gasteiger partial charge is 0.223 e. The largest absolute Gasteiger partial charge is 0.335 e. The minimum absolute atomic E-state index is 0.339. The second-order valence-corrected chi connectivity index (χ2v) is 5.81. The van der Waals surface area contributed by atoms with Crippen LogP contribution in [-0.2, 0) is 11.3 Å². The number of amides is 1. The van der Waals surface area contributed by atoms with Gasteiger partial charge in [0.25, 0.3) is 0 Å². The summed E-state index contributed by atoms with van der Waals surface area (Å²) in [5.74, 6) is 0.988. The molecule has 0 spiro atoms. The highest BCUT2D eigenvalue weighted by Crippen LogP contribution is 2.30. The summed E-state index contributed by atoms with van der Waals surface area (Å²) in [6.07, 6.45) is 2.87. The van der Waals surface area contributed by atoms with Gasteiger partial charge in [-0.3, -0.25) is 4.79 Å². The molecule has 2 heterocycles. The molecule has 2 aliphatic heterocycles. The Morgan fingerprint density at radius 1 is 1.32 bits per heavy atom. The molecule has 2 aliphatic rings. The molecule has 102 valence electrons. The normalized spacial score (nSPS) is 27.2. The zero-order valence-electron chi connectivity index (χ0n) is 11.6. The van der Waals surface area contributed by atoms with E-state index in [4.69, 9.17) is 0 Å². The van der Waals surface area contributed by atoms with E-state index in [2.05, 4.69) is 41.4 Å². The number of hydrogen-bond donors (Lipinski definition) is 1. The zero-order chi connectivity index (χ0) is 13.2. The van der Waals surface area contributed by atoms with Gasteiger partial charge in [-0.05, 0) is 49.9 Å². The first-order valence-electron chi connectivity index (χ1n) is 7.30. The van der Waals surface area contributed by atoms with Crippen LogP contribution in [0.25, 0.3) is 0 Å². The number of rotatable bonds is 2. The summed E-state index contributed by atoms with van der Waals surface area (Å²) in [4.78, 5) is 14.4. The Morgan fingerprint density at radius 3 is 3.00 bits per heavy atom. The van der Waals surface area contributed by atoms with Gasteiger partial charge in [0.15, 0.2) is 0 Å². The molecule has 2 saturated heterocycles. The number of fused-ring (bicyclic) bond motifs is 1. The van der Waals surface area contributed by atoms with Gasteiger partial charge in [0.05, 0.1) is 0 Å². The molecule has 0 radical (unpaired) electrons. The SMILES string of the molecule is Cc1ccccc1CN1C(=O)CCC2CNCCC21. The van der Waals surface area contributed by atoms with Crippen molar-refractivity contribution in [3.8, 4) is 0 Å². The van der Waals surface area contributed by atoms with E-state index >= 15 is 0 Å². The molecule has 1 amide bonds. The van der Waals surface area contributed by atoms with E-state index in [1.165, 1.54) is 11.1 Å². The topological polar surface area (TPSA) is 32.3 Å². The van der Waals surface area contributed by atoms with Crippen molar-refractivity contribution < 1.29 is 4.79 Å². The molecule has 2 atom stereocenters. The van der Waals surface area contributed by atoms with Crippen molar-refractivity contribution in [2.24, 2.45) is 5.92 Å². The van der Waals surface area contributed by atoms with Crippen molar-refractivity contribution in [2.45, 2.75) is 38.8 Å². The molecule has 3 nitrogen and oxygen atoms in total. The third-order valence-electron chi connectivity index (χ3n) is 4.62. The Balaban J connectivity index is 1.81. The molecule has 0 aliphatic carbocycles. The number of nitrogens with zero attached hydrogens (tertiary/aromatic N) is 1. The molecule has 2 fully saturated rings. The predicted molar refractivity (Wildman–Crippen MR) is 75.7 cm³/mol. The first-order valence-corrected chi connectivity index (χ1v) is 7.30. The lowest BCUT2D eigenvalue weighted by Gasteiger charge is -2.44. The molecule has 19 heavy (non-hydrogen) atoms. The summed E-state index contributed by atoms with van der Waals surface area (Å²) in [6.45, 7) is 5.03. The third-order valence-corrected chi connectivity index (χ3v) is 4.62. The molecule has 0 bridgehead atoms. The Hall–Kier alpha value is -1.35. The lowest BCUT2D eigenvalue weighted by Crippen LogP contribution is -2.54. The number of carbonyl (C=O) groups is 1. The molecule has 3 heteroatoms. The van der Waals surface area contributed by atoms with E-state index in [0.717, 1.165) is 32.5 Å². The summed E-state index contributed by atoms with van der Waals surface area (Å²) < 4.78 is 0. The average Bonchev–Trinajstić information content (AvgIpc) is 2.44. The highest BCUT2D eigenvalue weighted by atomic mass is 16.2. The van der Waals surface area contributed by atoms with Gasteiger partial charge in [0.2, 0.25) is 5.91 Å². The summed E-state index contributed by atoms with van der Waals surface area (Å²) in [5, 5.41) is 3.46. The quantitative estimate of drug-likeness (QED) is 0.881. The number of hydrogen-bond acceptors (Lipinski definition) is 2. The van der Waals surface area contributed by atoms with Crippen LogP contribution in [0.15, 0.2) is 24.3 Å². The highest BCUT2D eigenvalue weighted by Gasteiger charge is 2.36. The van der Waals surface area contributed by atoms with Crippen LogP contribution in [0.2, 0.25) is 0 Å². The van der Waals surface area contributed by atoms with Gasteiger partial charge in [-0.1, -0.05) is 24.3 Å². The Labute approximate surface area is 115 Å². The summed E-state index contributed by atoms with van der Waals surface area (Å²) in [5.41, 5.74) is 2.57. The van der Waals surface area contributed by atoms with Gasteiger partial charge in [-0.25, -0.2) is 0 Å². The van der Waals surface area contributed by atoms with Crippen molar-refractivity contribution in [1.29, 1.82) is 0 Å². The van der Waals surface area contributed by atoms with Crippen LogP contribution in [0.1, 0.15) is 30.4 Å². The van der Waals surface area contributed by atoms with Gasteiger partial charge >= 0.3 is 0 Å². The van der Waals surface area contributed by atoms with Crippen LogP contribution in [0.5, 0.6) is 0 Å². The fourth-order valence-corrected chi connectivity index (χ4v) is 3.43. The number of aryl methyl sites for hydroxylation is 1. The van der Waals surface area contributed by atoms with Crippen LogP contribution in [0.4, 0.5) is 0 Å². The molecule has 2 unspecified atom stereocenters. The third kappa shape index (κ3) is 2.52. The van der Waals surface area contributed by atoms with Gasteiger partial charge in [-0.2, -0.15) is 0 Å². The molecule has 0 saturated carbocycles. The number of piperidine rings is 2. The first kappa shape index (κ1) is 12.7. The second-order valence-electron chi connectivity index (χ2n) is 5.81. The second kappa shape index (κ2) is 5.33. The van der Waals surface area contributed by atoms with Gasteiger partial charge in [0.1, 0.15) is 0 Å². The van der Waals surface area contributed by atoms with Crippen molar-refractivity contribution in [2.75, 3.05) is 13.1 Å². The molecular formula is C16H22N2O. The van der Waals surface area contributed by atoms with Crippen LogP contribution in [-0.4, -0.2) is 29.9 Å². The number of benzene rings is 1. The zero-order valence-corrected chi connectivity index (χ0v) is 11.6. The first-order chi connectivity index (χ1) is 9.25. The standard InChI is InChI=1S/C16H22N2O/c1-12-4-2-3-5-14(12)11-18-15-8-9-17-10-13(15)6-7-16(18)19/h2-5,13,15,17H,6-11H2,1H3. The van der Waals surface area contributed by atoms with Crippen molar-refractivity contribution in [1.82, 2.24) is 10.2 Å². The van der Waals surface area contributed by atoms with E-state index in [1.54, 1.807) is 0 Å². The lowest BCUT2D eigenvalue weighted by molar-refractivity contribution is -0.140. The van der Waals surface area contributed by atoms with E-state index in [0.29, 0.717) is 24.3 Å². The van der Waals surface area contributed by atoms with Crippen LogP contribution in [0, 0.1) is 12.8 Å². The van der Waals surface area contributed by atoms with Crippen molar-refractivity contribution >= 4 is 5.91 Å². The maximum Gasteiger partial charge on any atom is 0.223 e. The van der Waals surface area contributed by atoms with Gasteiger partial charge in [0, 0.05) is 19.0 Å². The van der Waals surface area contributed by atoms with Crippen LogP contribution < -0.4 is 5.32 Å². The van der Waals surface area contributed by atoms with Crippen LogP contribution in [0.3, 0.4) is 0 Å². The number of likely N-dealkylation sites (tertiary alicyclic amines) is 1. The molecular weight excluding hydrogens is 236 g/mol.